The van der Waals surface area contributed by atoms with Crippen LogP contribution >= 0.6 is 11.6 Å². The molecule has 0 spiro atoms. The molecule has 0 aliphatic carbocycles. The molecule has 0 aromatic carbocycles. The number of rotatable bonds is 4. The zero-order valence-corrected chi connectivity index (χ0v) is 12.5. The van der Waals surface area contributed by atoms with Gasteiger partial charge in [-0.25, -0.2) is 0 Å². The second kappa shape index (κ2) is 7.58. The minimum Gasteiger partial charge on any atom is -0.463 e. The van der Waals surface area contributed by atoms with Gasteiger partial charge in [-0.15, -0.1) is 11.6 Å². The van der Waals surface area contributed by atoms with Crippen LogP contribution in [-0.4, -0.2) is 59.6 Å². The third-order valence-electron chi connectivity index (χ3n) is 2.63. The van der Waals surface area contributed by atoms with Gasteiger partial charge in [0, 0.05) is 20.8 Å². The van der Waals surface area contributed by atoms with E-state index >= 15 is 0 Å². The highest BCUT2D eigenvalue weighted by atomic mass is 35.5. The van der Waals surface area contributed by atoms with Crippen molar-refractivity contribution < 1.29 is 38.4 Å². The summed E-state index contributed by atoms with van der Waals surface area (Å²) in [4.78, 5) is 32.9. The molecule has 5 atom stereocenters. The molecule has 0 amide bonds. The monoisotopic (exact) mass is 324 g/mol. The Labute approximate surface area is 126 Å². The molecule has 1 rings (SSSR count). The average molecular weight is 325 g/mol. The number of aliphatic hydroxyl groups excluding tert-OH is 1. The van der Waals surface area contributed by atoms with Gasteiger partial charge in [0.05, 0.1) is 0 Å². The molecule has 0 bridgehead atoms. The highest BCUT2D eigenvalue weighted by molar-refractivity contribution is 6.21. The van der Waals surface area contributed by atoms with Crippen LogP contribution in [0.2, 0.25) is 0 Å². The van der Waals surface area contributed by atoms with E-state index in [0.29, 0.717) is 0 Å². The van der Waals surface area contributed by atoms with E-state index in [9.17, 15) is 19.5 Å². The van der Waals surface area contributed by atoms with Crippen molar-refractivity contribution in [1.82, 2.24) is 0 Å². The summed E-state index contributed by atoms with van der Waals surface area (Å²) in [5.74, 6) is -1.90. The number of aliphatic hydroxyl groups is 1. The van der Waals surface area contributed by atoms with Crippen LogP contribution in [0, 0.1) is 0 Å². The van der Waals surface area contributed by atoms with Crippen LogP contribution in [0.5, 0.6) is 0 Å². The number of alkyl halides is 1. The van der Waals surface area contributed by atoms with Crippen molar-refractivity contribution in [2.45, 2.75) is 50.8 Å². The summed E-state index contributed by atoms with van der Waals surface area (Å²) in [5.41, 5.74) is 0. The zero-order valence-electron chi connectivity index (χ0n) is 11.8. The van der Waals surface area contributed by atoms with Gasteiger partial charge in [-0.3, -0.25) is 14.4 Å². The first-order valence-corrected chi connectivity index (χ1v) is 6.61. The van der Waals surface area contributed by atoms with Gasteiger partial charge in [0.1, 0.15) is 24.2 Å². The quantitative estimate of drug-likeness (QED) is 0.428. The second-order valence-corrected chi connectivity index (χ2v) is 4.97. The molecule has 0 saturated carbocycles. The van der Waals surface area contributed by atoms with Crippen molar-refractivity contribution in [3.63, 3.8) is 0 Å². The van der Waals surface area contributed by atoms with Crippen LogP contribution < -0.4 is 0 Å². The van der Waals surface area contributed by atoms with Crippen molar-refractivity contribution in [2.75, 3.05) is 6.61 Å². The maximum Gasteiger partial charge on any atom is 0.304 e. The zero-order chi connectivity index (χ0) is 16.2. The highest BCUT2D eigenvalue weighted by Crippen LogP contribution is 2.28. The van der Waals surface area contributed by atoms with E-state index in [1.165, 1.54) is 6.92 Å². The van der Waals surface area contributed by atoms with Crippen LogP contribution in [0.15, 0.2) is 0 Å². The largest absolute Gasteiger partial charge is 0.463 e. The van der Waals surface area contributed by atoms with E-state index in [0.717, 1.165) is 13.8 Å². The third kappa shape index (κ3) is 5.14. The molecular weight excluding hydrogens is 308 g/mol. The maximum absolute atomic E-state index is 11.1. The first kappa shape index (κ1) is 17.7. The lowest BCUT2D eigenvalue weighted by atomic mass is 10.0. The number of halogens is 1. The Balaban J connectivity index is 2.86. The summed E-state index contributed by atoms with van der Waals surface area (Å²) in [6.45, 7) is 3.20. The molecular formula is C12H17ClO8. The van der Waals surface area contributed by atoms with Crippen molar-refractivity contribution in [3.8, 4) is 0 Å². The Morgan fingerprint density at radius 3 is 2.14 bits per heavy atom. The Morgan fingerprint density at radius 2 is 1.67 bits per heavy atom. The fourth-order valence-electron chi connectivity index (χ4n) is 1.81. The molecule has 1 heterocycles. The predicted octanol–water partition coefficient (Wildman–Crippen LogP) is -0.263. The molecule has 1 fully saturated rings. The molecule has 0 radical (unpaired) electrons. The molecule has 8 nitrogen and oxygen atoms in total. The number of hydrogen-bond donors (Lipinski definition) is 1. The smallest absolute Gasteiger partial charge is 0.304 e. The lowest BCUT2D eigenvalue weighted by molar-refractivity contribution is -0.254. The molecule has 1 saturated heterocycles. The summed E-state index contributed by atoms with van der Waals surface area (Å²) < 4.78 is 19.9. The number of esters is 3. The van der Waals surface area contributed by atoms with Gasteiger partial charge in [0.15, 0.2) is 6.10 Å². The Bertz CT molecular complexity index is 412. The number of carbonyl (C=O) groups is 3. The second-order valence-electron chi connectivity index (χ2n) is 4.46. The Morgan fingerprint density at radius 1 is 1.10 bits per heavy atom. The summed E-state index contributed by atoms with van der Waals surface area (Å²) in [5, 5.41) is 8.95. The van der Waals surface area contributed by atoms with Gasteiger partial charge in [-0.2, -0.15) is 0 Å². The van der Waals surface area contributed by atoms with Crippen LogP contribution in [-0.2, 0) is 33.3 Å². The number of carbonyl (C=O) groups excluding carboxylic acids is 3. The first-order valence-electron chi connectivity index (χ1n) is 6.17. The molecule has 0 aromatic rings. The summed E-state index contributed by atoms with van der Waals surface area (Å²) >= 11 is 5.93. The van der Waals surface area contributed by atoms with Crippen molar-refractivity contribution in [2.24, 2.45) is 0 Å². The molecule has 21 heavy (non-hydrogen) atoms. The van der Waals surface area contributed by atoms with Crippen molar-refractivity contribution >= 4 is 29.5 Å². The van der Waals surface area contributed by atoms with Gasteiger partial charge in [-0.05, 0) is 0 Å². The Hall–Kier alpha value is -1.38. The molecule has 1 aliphatic rings. The van der Waals surface area contributed by atoms with Crippen LogP contribution in [0.4, 0.5) is 0 Å². The van der Waals surface area contributed by atoms with Gasteiger partial charge in [0.25, 0.3) is 0 Å². The van der Waals surface area contributed by atoms with Crippen molar-refractivity contribution in [3.05, 3.63) is 0 Å². The van der Waals surface area contributed by atoms with Gasteiger partial charge < -0.3 is 24.1 Å². The minimum atomic E-state index is -1.35. The molecule has 0 aromatic heterocycles. The predicted molar refractivity (Wildman–Crippen MR) is 68.3 cm³/mol. The average Bonchev–Trinajstić information content (AvgIpc) is 2.35. The molecule has 120 valence electrons. The Kier molecular flexibility index (Phi) is 6.38. The SMILES string of the molecule is CC(=O)OC[C@H]1OC(OC(C)=O)C(Cl)[C@@H](O)[C@@H]1OC(C)=O. The van der Waals surface area contributed by atoms with E-state index in [4.69, 9.17) is 30.5 Å². The van der Waals surface area contributed by atoms with Crippen LogP contribution in [0.25, 0.3) is 0 Å². The summed E-state index contributed by atoms with van der Waals surface area (Å²) in [6, 6.07) is 0. The molecule has 1 N–H and O–H groups in total. The lowest BCUT2D eigenvalue weighted by Gasteiger charge is -2.40. The molecule has 9 heteroatoms. The minimum absolute atomic E-state index is 0.286. The number of hydrogen-bond acceptors (Lipinski definition) is 8. The molecule has 1 aliphatic heterocycles. The topological polar surface area (TPSA) is 108 Å². The lowest BCUT2D eigenvalue weighted by Crippen LogP contribution is -2.59. The summed E-state index contributed by atoms with van der Waals surface area (Å²) in [7, 11) is 0. The van der Waals surface area contributed by atoms with Gasteiger partial charge in [-0.1, -0.05) is 0 Å². The third-order valence-corrected chi connectivity index (χ3v) is 3.10. The summed E-state index contributed by atoms with van der Waals surface area (Å²) in [6.07, 6.45) is -4.75. The fraction of sp³-hybridized carbons (Fsp3) is 0.750. The normalized spacial score (nSPS) is 32.1. The maximum atomic E-state index is 11.1. The van der Waals surface area contributed by atoms with E-state index in [1.807, 2.05) is 0 Å². The highest BCUT2D eigenvalue weighted by Gasteiger charge is 2.48. The first-order chi connectivity index (χ1) is 9.72. The van der Waals surface area contributed by atoms with Crippen LogP contribution in [0.3, 0.4) is 0 Å². The number of ether oxygens (including phenoxy) is 4. The van der Waals surface area contributed by atoms with E-state index < -0.39 is 47.9 Å². The van der Waals surface area contributed by atoms with E-state index in [1.54, 1.807) is 0 Å². The fourth-order valence-corrected chi connectivity index (χ4v) is 2.07. The molecule has 2 unspecified atom stereocenters. The van der Waals surface area contributed by atoms with E-state index in [2.05, 4.69) is 0 Å². The van der Waals surface area contributed by atoms with Gasteiger partial charge in [0.2, 0.25) is 6.29 Å². The van der Waals surface area contributed by atoms with E-state index in [-0.39, 0.29) is 6.61 Å². The van der Waals surface area contributed by atoms with Gasteiger partial charge >= 0.3 is 17.9 Å². The van der Waals surface area contributed by atoms with Crippen LogP contribution in [0.1, 0.15) is 20.8 Å². The van der Waals surface area contributed by atoms with Crippen molar-refractivity contribution in [1.29, 1.82) is 0 Å². The standard InChI is InChI=1S/C12H17ClO8/c1-5(14)18-4-8-11(19-6(2)15)10(17)9(13)12(21-8)20-7(3)16/h8-12,17H,4H2,1-3H3/t8-,9?,10-,11-,12?/m1/s1.